The van der Waals surface area contributed by atoms with E-state index in [2.05, 4.69) is 133 Å². The molecule has 0 bridgehead atoms. The van der Waals surface area contributed by atoms with E-state index in [-0.39, 0.29) is 40.8 Å². The van der Waals surface area contributed by atoms with Gasteiger partial charge in [-0.15, -0.1) is 0 Å². The van der Waals surface area contributed by atoms with E-state index in [1.54, 1.807) is 24.3 Å². The summed E-state index contributed by atoms with van der Waals surface area (Å²) in [5, 5.41) is 30.8. The summed E-state index contributed by atoms with van der Waals surface area (Å²) in [4.78, 5) is 22.5. The maximum Gasteiger partial charge on any atom is 0.307 e. The van der Waals surface area contributed by atoms with Crippen molar-refractivity contribution in [2.45, 2.75) is 187 Å². The third kappa shape index (κ3) is 13.6. The maximum absolute atomic E-state index is 14.7. The first-order valence-corrected chi connectivity index (χ1v) is 28.8. The summed E-state index contributed by atoms with van der Waals surface area (Å²) in [6.45, 7) is 18.9. The average molecular weight is 1060 g/mol. The second-order valence-corrected chi connectivity index (χ2v) is 22.8. The van der Waals surface area contributed by atoms with Crippen molar-refractivity contribution < 1.29 is 33.7 Å². The molecule has 6 aromatic rings. The number of hydrogen-bond acceptors (Lipinski definition) is 4. The SMILES string of the molecule is CCC(CC)(c1ccc(/C=C/C2(O)CCCCC2)c(C)c1)c1ccc(-c2ccc(CC(=O)O)c(F)c2)c(C)c1.CCC(CC)(c1ccc(/C=C/C2(O)CCCCC2)c(C)c1)c1ccc(-c2ccc(CC(C)=O)c(F)c2)c(C)c1. The Morgan fingerprint density at radius 1 is 0.487 bits per heavy atom. The highest BCUT2D eigenvalue weighted by Gasteiger charge is 2.34. The van der Waals surface area contributed by atoms with E-state index in [1.165, 1.54) is 59.2 Å². The summed E-state index contributed by atoms with van der Waals surface area (Å²) >= 11 is 0. The molecule has 6 aromatic carbocycles. The Kier molecular flexibility index (Phi) is 19.5. The molecule has 2 fully saturated rings. The minimum Gasteiger partial charge on any atom is -0.481 e. The molecule has 5 nitrogen and oxygen atoms in total. The molecule has 0 spiro atoms. The number of rotatable bonds is 18. The molecular formula is C71H84F2O5. The Balaban J connectivity index is 0.000000226. The average Bonchev–Trinajstić information content (AvgIpc) is 3.50. The molecule has 8 rings (SSSR count). The van der Waals surface area contributed by atoms with Gasteiger partial charge in [-0.1, -0.05) is 188 Å². The normalized spacial score (nSPS) is 15.6. The van der Waals surface area contributed by atoms with Gasteiger partial charge in [0.1, 0.15) is 17.4 Å². The predicted octanol–water partition coefficient (Wildman–Crippen LogP) is 17.6. The molecule has 412 valence electrons. The van der Waals surface area contributed by atoms with Crippen LogP contribution in [-0.2, 0) is 33.3 Å². The zero-order valence-electron chi connectivity index (χ0n) is 47.9. The Morgan fingerprint density at radius 2 is 0.833 bits per heavy atom. The van der Waals surface area contributed by atoms with Crippen molar-refractivity contribution >= 4 is 23.9 Å². The fourth-order valence-electron chi connectivity index (χ4n) is 12.7. The molecule has 2 saturated carbocycles. The number of carboxylic acid groups (broad SMARTS) is 1. The van der Waals surface area contributed by atoms with E-state index in [1.807, 2.05) is 25.1 Å². The summed E-state index contributed by atoms with van der Waals surface area (Å²) in [5.41, 5.74) is 14.4. The summed E-state index contributed by atoms with van der Waals surface area (Å²) in [6.07, 6.45) is 21.9. The highest BCUT2D eigenvalue weighted by molar-refractivity contribution is 5.79. The Hall–Kier alpha value is -6.28. The fraction of sp³-hybridized carbons (Fsp3) is 0.408. The quantitative estimate of drug-likeness (QED) is 0.0797. The van der Waals surface area contributed by atoms with Gasteiger partial charge in [0.05, 0.1) is 17.6 Å². The molecule has 2 aliphatic carbocycles. The lowest BCUT2D eigenvalue weighted by atomic mass is 9.69. The van der Waals surface area contributed by atoms with Gasteiger partial charge < -0.3 is 15.3 Å². The molecule has 3 N–H and O–H groups in total. The highest BCUT2D eigenvalue weighted by atomic mass is 19.1. The van der Waals surface area contributed by atoms with Gasteiger partial charge in [-0.05, 0) is 187 Å². The van der Waals surface area contributed by atoms with Gasteiger partial charge in [0.25, 0.3) is 0 Å². The van der Waals surface area contributed by atoms with Crippen molar-refractivity contribution in [2.24, 2.45) is 0 Å². The lowest BCUT2D eigenvalue weighted by Crippen LogP contribution is -2.28. The van der Waals surface area contributed by atoms with Crippen LogP contribution in [0.5, 0.6) is 0 Å². The maximum atomic E-state index is 14.7. The smallest absolute Gasteiger partial charge is 0.307 e. The number of hydrogen-bond donors (Lipinski definition) is 3. The minimum atomic E-state index is -1.04. The van der Waals surface area contributed by atoms with Crippen LogP contribution in [0.3, 0.4) is 0 Å². The third-order valence-electron chi connectivity index (χ3n) is 17.7. The zero-order chi connectivity index (χ0) is 56.4. The molecule has 78 heavy (non-hydrogen) atoms. The van der Waals surface area contributed by atoms with Crippen molar-refractivity contribution in [3.05, 3.63) is 200 Å². The number of ketones is 1. The van der Waals surface area contributed by atoms with Crippen LogP contribution in [0.25, 0.3) is 34.4 Å². The van der Waals surface area contributed by atoms with Crippen molar-refractivity contribution in [1.82, 2.24) is 0 Å². The molecular weight excluding hydrogens is 971 g/mol. The topological polar surface area (TPSA) is 94.8 Å². The van der Waals surface area contributed by atoms with Crippen LogP contribution >= 0.6 is 0 Å². The standard InChI is InChI=1S/C36H43FO2.C35H41FO3/c1-6-36(7-2,31-14-13-28(25(3)21-31)17-20-35(39)18-9-8-10-19-35)32-15-16-33(26(4)22-32)29-11-12-30(23-27(5)38)34(37)24-29;1-5-35(6-2,29-13-12-26(24(3)20-29)16-19-34(39)17-8-7-9-18-34)30-14-15-31(25(4)21-30)27-10-11-28(23-33(37)38)32(36)22-27/h11-17,20-22,24,39H,6-10,18-19,23H2,1-5H3;10-16,19-22,39H,5-9,17-18,23H2,1-4H3,(H,37,38)/b20-17+;19-16+. The van der Waals surface area contributed by atoms with Crippen LogP contribution in [0.2, 0.25) is 0 Å². The number of benzene rings is 6. The van der Waals surface area contributed by atoms with E-state index in [0.717, 1.165) is 122 Å². The molecule has 0 heterocycles. The molecule has 0 unspecified atom stereocenters. The van der Waals surface area contributed by atoms with Crippen LogP contribution < -0.4 is 0 Å². The van der Waals surface area contributed by atoms with Gasteiger partial charge in [0.2, 0.25) is 0 Å². The first-order chi connectivity index (χ1) is 37.2. The number of aliphatic carboxylic acids is 1. The van der Waals surface area contributed by atoms with E-state index in [9.17, 15) is 28.6 Å². The molecule has 0 aromatic heterocycles. The van der Waals surface area contributed by atoms with Gasteiger partial charge in [-0.3, -0.25) is 9.59 Å². The number of carbonyl (C=O) groups is 2. The van der Waals surface area contributed by atoms with Crippen LogP contribution in [-0.4, -0.2) is 38.3 Å². The monoisotopic (exact) mass is 1050 g/mol. The van der Waals surface area contributed by atoms with Crippen LogP contribution in [0.15, 0.2) is 121 Å². The van der Waals surface area contributed by atoms with Crippen molar-refractivity contribution in [1.29, 1.82) is 0 Å². The molecule has 0 amide bonds. The van der Waals surface area contributed by atoms with Gasteiger partial charge in [0.15, 0.2) is 0 Å². The largest absolute Gasteiger partial charge is 0.481 e. The number of carboxylic acids is 1. The number of Topliss-reactive ketones (excluding diaryl/α,β-unsaturated/α-hetero) is 1. The van der Waals surface area contributed by atoms with Crippen molar-refractivity contribution in [3.63, 3.8) is 0 Å². The van der Waals surface area contributed by atoms with Crippen LogP contribution in [0.4, 0.5) is 8.78 Å². The summed E-state index contributed by atoms with van der Waals surface area (Å²) in [5.74, 6) is -1.91. The van der Waals surface area contributed by atoms with Crippen molar-refractivity contribution in [2.75, 3.05) is 0 Å². The summed E-state index contributed by atoms with van der Waals surface area (Å²) < 4.78 is 29.3. The predicted molar refractivity (Wildman–Crippen MR) is 318 cm³/mol. The molecule has 7 heteroatoms. The highest BCUT2D eigenvalue weighted by Crippen LogP contribution is 2.44. The summed E-state index contributed by atoms with van der Waals surface area (Å²) in [7, 11) is 0. The van der Waals surface area contributed by atoms with Gasteiger partial charge >= 0.3 is 5.97 Å². The molecule has 0 saturated heterocycles. The van der Waals surface area contributed by atoms with Crippen LogP contribution in [0.1, 0.15) is 191 Å². The van der Waals surface area contributed by atoms with Gasteiger partial charge in [-0.25, -0.2) is 8.78 Å². The molecule has 0 atom stereocenters. The van der Waals surface area contributed by atoms with E-state index in [0.29, 0.717) is 5.56 Å². The number of carbonyl (C=O) groups excluding carboxylic acids is 1. The van der Waals surface area contributed by atoms with E-state index >= 15 is 0 Å². The number of halogens is 2. The van der Waals surface area contributed by atoms with Gasteiger partial charge in [0, 0.05) is 17.3 Å². The first kappa shape index (κ1) is 59.4. The van der Waals surface area contributed by atoms with Gasteiger partial charge in [-0.2, -0.15) is 0 Å². The lowest BCUT2D eigenvalue weighted by Gasteiger charge is -2.34. The Morgan fingerprint density at radius 3 is 1.14 bits per heavy atom. The minimum absolute atomic E-state index is 0.0431. The fourth-order valence-corrected chi connectivity index (χ4v) is 12.7. The van der Waals surface area contributed by atoms with E-state index < -0.39 is 23.0 Å². The summed E-state index contributed by atoms with van der Waals surface area (Å²) in [6, 6.07) is 36.4. The molecule has 0 radical (unpaired) electrons. The van der Waals surface area contributed by atoms with E-state index in [4.69, 9.17) is 5.11 Å². The molecule has 0 aliphatic heterocycles. The second-order valence-electron chi connectivity index (χ2n) is 22.8. The lowest BCUT2D eigenvalue weighted by molar-refractivity contribution is -0.136. The Bertz CT molecular complexity index is 2930. The van der Waals surface area contributed by atoms with Crippen molar-refractivity contribution in [3.8, 4) is 22.3 Å². The molecule has 2 aliphatic rings. The number of aliphatic hydroxyl groups is 2. The zero-order valence-corrected chi connectivity index (χ0v) is 47.9. The number of aryl methyl sites for hydroxylation is 4. The third-order valence-corrected chi connectivity index (χ3v) is 17.7. The Labute approximate surface area is 464 Å². The van der Waals surface area contributed by atoms with Crippen LogP contribution in [0, 0.1) is 39.3 Å². The second kappa shape index (κ2) is 25.7. The first-order valence-electron chi connectivity index (χ1n) is 28.8.